The van der Waals surface area contributed by atoms with Gasteiger partial charge in [-0.3, -0.25) is 9.48 Å². The average molecular weight is 365 g/mol. The highest BCUT2D eigenvalue weighted by Crippen LogP contribution is 2.34. The van der Waals surface area contributed by atoms with E-state index in [9.17, 15) is 4.79 Å². The molecule has 1 amide bonds. The number of hydrogen-bond acceptors (Lipinski definition) is 5. The predicted molar refractivity (Wildman–Crippen MR) is 100 cm³/mol. The molecule has 0 spiro atoms. The van der Waals surface area contributed by atoms with Gasteiger partial charge >= 0.3 is 0 Å². The highest BCUT2D eigenvalue weighted by Gasteiger charge is 2.17. The largest absolute Gasteiger partial charge is 0.496 e. The molecule has 138 valence electrons. The molecular weight excluding hydrogens is 346 g/mol. The Balaban J connectivity index is 1.57. The van der Waals surface area contributed by atoms with Crippen molar-refractivity contribution in [2.24, 2.45) is 7.05 Å². The van der Waals surface area contributed by atoms with E-state index in [1.54, 1.807) is 36.1 Å². The fourth-order valence-electron chi connectivity index (χ4n) is 3.06. The fourth-order valence-corrected chi connectivity index (χ4v) is 3.06. The lowest BCUT2D eigenvalue weighted by Gasteiger charge is -2.07. The maximum absolute atomic E-state index is 12.6. The molecule has 0 radical (unpaired) electrons. The third kappa shape index (κ3) is 3.19. The Morgan fingerprint density at radius 1 is 1.15 bits per heavy atom. The number of carbonyl (C=O) groups excluding carboxylic acids is 1. The van der Waals surface area contributed by atoms with Crippen molar-refractivity contribution >= 4 is 11.6 Å². The third-order valence-electron chi connectivity index (χ3n) is 4.43. The van der Waals surface area contributed by atoms with Crippen LogP contribution in [0.5, 0.6) is 17.2 Å². The summed E-state index contributed by atoms with van der Waals surface area (Å²) in [6, 6.07) is 12.9. The fraction of sp³-hybridized carbons (Fsp3) is 0.200. The van der Waals surface area contributed by atoms with E-state index in [1.807, 2.05) is 32.2 Å². The van der Waals surface area contributed by atoms with Crippen molar-refractivity contribution in [2.75, 3.05) is 19.2 Å². The zero-order valence-electron chi connectivity index (χ0n) is 15.3. The second-order valence-corrected chi connectivity index (χ2v) is 6.24. The van der Waals surface area contributed by atoms with Gasteiger partial charge in [0.15, 0.2) is 17.2 Å². The Morgan fingerprint density at radius 3 is 2.74 bits per heavy atom. The summed E-state index contributed by atoms with van der Waals surface area (Å²) in [7, 11) is 3.46. The molecule has 3 aromatic rings. The number of aryl methyl sites for hydroxylation is 2. The van der Waals surface area contributed by atoms with Crippen LogP contribution >= 0.6 is 0 Å². The molecule has 0 bridgehead atoms. The number of nitrogens with one attached hydrogen (secondary N) is 1. The zero-order valence-corrected chi connectivity index (χ0v) is 15.3. The van der Waals surface area contributed by atoms with Gasteiger partial charge in [0.2, 0.25) is 6.79 Å². The average Bonchev–Trinajstić information content (AvgIpc) is 3.27. The highest BCUT2D eigenvalue weighted by atomic mass is 16.7. The van der Waals surface area contributed by atoms with Gasteiger partial charge in [0.25, 0.3) is 5.91 Å². The Bertz CT molecular complexity index is 1030. The molecular formula is C20H19N3O4. The van der Waals surface area contributed by atoms with Crippen molar-refractivity contribution in [3.05, 3.63) is 53.7 Å². The van der Waals surface area contributed by atoms with Crippen LogP contribution in [0.3, 0.4) is 0 Å². The summed E-state index contributed by atoms with van der Waals surface area (Å²) in [5.41, 5.74) is 3.78. The van der Waals surface area contributed by atoms with Crippen LogP contribution in [-0.4, -0.2) is 29.6 Å². The minimum absolute atomic E-state index is 0.192. The first-order valence-electron chi connectivity index (χ1n) is 8.45. The molecule has 0 unspecified atom stereocenters. The summed E-state index contributed by atoms with van der Waals surface area (Å²) in [5.74, 6) is 1.81. The molecule has 0 saturated carbocycles. The molecule has 1 aromatic heterocycles. The SMILES string of the molecule is COc1ccc(-c2cc(C(=O)Nc3ccc4c(c3)OCO4)nn2C)cc1C. The predicted octanol–water partition coefficient (Wildman–Crippen LogP) is 3.39. The summed E-state index contributed by atoms with van der Waals surface area (Å²) in [6.45, 7) is 2.17. The van der Waals surface area contributed by atoms with E-state index in [-0.39, 0.29) is 12.7 Å². The summed E-state index contributed by atoms with van der Waals surface area (Å²) < 4.78 is 17.6. The molecule has 1 aliphatic heterocycles. The summed E-state index contributed by atoms with van der Waals surface area (Å²) >= 11 is 0. The van der Waals surface area contributed by atoms with E-state index in [4.69, 9.17) is 14.2 Å². The second-order valence-electron chi connectivity index (χ2n) is 6.24. The molecule has 1 N–H and O–H groups in total. The minimum atomic E-state index is -0.291. The number of rotatable bonds is 4. The van der Waals surface area contributed by atoms with Crippen LogP contribution in [0.25, 0.3) is 11.3 Å². The van der Waals surface area contributed by atoms with E-state index >= 15 is 0 Å². The minimum Gasteiger partial charge on any atom is -0.496 e. The molecule has 0 fully saturated rings. The van der Waals surface area contributed by atoms with Crippen molar-refractivity contribution < 1.29 is 19.0 Å². The van der Waals surface area contributed by atoms with Gasteiger partial charge in [0, 0.05) is 24.4 Å². The quantitative estimate of drug-likeness (QED) is 0.767. The van der Waals surface area contributed by atoms with Crippen molar-refractivity contribution in [3.8, 4) is 28.5 Å². The number of nitrogens with zero attached hydrogens (tertiary/aromatic N) is 2. The monoisotopic (exact) mass is 365 g/mol. The third-order valence-corrected chi connectivity index (χ3v) is 4.43. The highest BCUT2D eigenvalue weighted by molar-refractivity contribution is 6.03. The van der Waals surface area contributed by atoms with Gasteiger partial charge < -0.3 is 19.5 Å². The van der Waals surface area contributed by atoms with Crippen LogP contribution < -0.4 is 19.5 Å². The first-order valence-corrected chi connectivity index (χ1v) is 8.45. The number of amides is 1. The van der Waals surface area contributed by atoms with Crippen LogP contribution in [0.15, 0.2) is 42.5 Å². The van der Waals surface area contributed by atoms with Crippen LogP contribution in [0.4, 0.5) is 5.69 Å². The van der Waals surface area contributed by atoms with Gasteiger partial charge in [-0.1, -0.05) is 0 Å². The normalized spacial score (nSPS) is 12.1. The number of hydrogen-bond donors (Lipinski definition) is 1. The van der Waals surface area contributed by atoms with E-state index in [1.165, 1.54) is 0 Å². The van der Waals surface area contributed by atoms with Crippen LogP contribution in [-0.2, 0) is 7.05 Å². The number of benzene rings is 2. The molecule has 0 atom stereocenters. The lowest BCUT2D eigenvalue weighted by molar-refractivity contribution is 0.102. The number of fused-ring (bicyclic) bond motifs is 1. The van der Waals surface area contributed by atoms with Gasteiger partial charge in [0.05, 0.1) is 12.8 Å². The van der Waals surface area contributed by atoms with E-state index in [2.05, 4.69) is 10.4 Å². The number of anilines is 1. The van der Waals surface area contributed by atoms with Crippen molar-refractivity contribution in [1.29, 1.82) is 0 Å². The van der Waals surface area contributed by atoms with E-state index in [0.717, 1.165) is 22.6 Å². The standard InChI is InChI=1S/C20H19N3O4/c1-12-8-13(4-6-17(12)25-3)16-10-15(22-23(16)2)20(24)21-14-5-7-18-19(9-14)27-11-26-18/h4-10H,11H2,1-3H3,(H,21,24). The Kier molecular flexibility index (Phi) is 4.19. The zero-order chi connectivity index (χ0) is 19.0. The second kappa shape index (κ2) is 6.68. The number of aromatic nitrogens is 2. The molecule has 4 rings (SSSR count). The van der Waals surface area contributed by atoms with Crippen LogP contribution in [0, 0.1) is 6.92 Å². The molecule has 1 aliphatic rings. The Morgan fingerprint density at radius 2 is 1.96 bits per heavy atom. The van der Waals surface area contributed by atoms with Crippen molar-refractivity contribution in [3.63, 3.8) is 0 Å². The van der Waals surface area contributed by atoms with Crippen LogP contribution in [0.2, 0.25) is 0 Å². The first-order chi connectivity index (χ1) is 13.0. The van der Waals surface area contributed by atoms with Gasteiger partial charge in [-0.05, 0) is 48.9 Å². The summed E-state index contributed by atoms with van der Waals surface area (Å²) in [4.78, 5) is 12.6. The van der Waals surface area contributed by atoms with Gasteiger partial charge in [-0.2, -0.15) is 5.10 Å². The molecule has 27 heavy (non-hydrogen) atoms. The lowest BCUT2D eigenvalue weighted by atomic mass is 10.1. The maximum Gasteiger partial charge on any atom is 0.276 e. The van der Waals surface area contributed by atoms with Crippen molar-refractivity contribution in [1.82, 2.24) is 9.78 Å². The molecule has 0 saturated heterocycles. The number of methoxy groups -OCH3 is 1. The number of ether oxygens (including phenoxy) is 3. The lowest BCUT2D eigenvalue weighted by Crippen LogP contribution is -2.12. The van der Waals surface area contributed by atoms with Gasteiger partial charge in [-0.25, -0.2) is 0 Å². The first kappa shape index (κ1) is 17.0. The summed E-state index contributed by atoms with van der Waals surface area (Å²) in [5, 5.41) is 7.18. The molecule has 7 nitrogen and oxygen atoms in total. The molecule has 2 aromatic carbocycles. The van der Waals surface area contributed by atoms with Gasteiger partial charge in [-0.15, -0.1) is 0 Å². The summed E-state index contributed by atoms with van der Waals surface area (Å²) in [6.07, 6.45) is 0. The molecule has 7 heteroatoms. The maximum atomic E-state index is 12.6. The van der Waals surface area contributed by atoms with Gasteiger partial charge in [0.1, 0.15) is 5.75 Å². The van der Waals surface area contributed by atoms with Crippen LogP contribution in [0.1, 0.15) is 16.1 Å². The van der Waals surface area contributed by atoms with E-state index in [0.29, 0.717) is 22.9 Å². The topological polar surface area (TPSA) is 74.6 Å². The van der Waals surface area contributed by atoms with E-state index < -0.39 is 0 Å². The Hall–Kier alpha value is -3.48. The Labute approximate surface area is 156 Å². The molecule has 0 aliphatic carbocycles. The smallest absolute Gasteiger partial charge is 0.276 e. The number of carbonyl (C=O) groups is 1. The molecule has 2 heterocycles. The van der Waals surface area contributed by atoms with Crippen molar-refractivity contribution in [2.45, 2.75) is 6.92 Å².